The number of carbonyl (C=O) groups is 1. The zero-order valence-electron chi connectivity index (χ0n) is 15.8. The summed E-state index contributed by atoms with van der Waals surface area (Å²) in [5, 5.41) is 3.83. The van der Waals surface area contributed by atoms with Crippen molar-refractivity contribution in [3.05, 3.63) is 11.7 Å². The molecule has 0 saturated carbocycles. The van der Waals surface area contributed by atoms with E-state index >= 15 is 0 Å². The smallest absolute Gasteiger partial charge is 0.252 e. The molecule has 0 radical (unpaired) electrons. The zero-order chi connectivity index (χ0) is 19.3. The summed E-state index contributed by atoms with van der Waals surface area (Å²) in [4.78, 5) is 18.3. The number of ether oxygens (including phenoxy) is 1. The summed E-state index contributed by atoms with van der Waals surface area (Å²) >= 11 is 0. The van der Waals surface area contributed by atoms with Crippen LogP contribution >= 0.6 is 0 Å². The quantitative estimate of drug-likeness (QED) is 0.580. The molecule has 1 aliphatic rings. The Morgan fingerprint density at radius 3 is 2.58 bits per heavy atom. The Morgan fingerprint density at radius 1 is 1.38 bits per heavy atom. The van der Waals surface area contributed by atoms with Gasteiger partial charge in [-0.1, -0.05) is 19.0 Å². The van der Waals surface area contributed by atoms with Gasteiger partial charge >= 0.3 is 0 Å². The lowest BCUT2D eigenvalue weighted by atomic mass is 9.98. The van der Waals surface area contributed by atoms with Crippen LogP contribution in [0, 0.1) is 5.92 Å². The molecule has 1 saturated heterocycles. The van der Waals surface area contributed by atoms with E-state index in [-0.39, 0.29) is 31.0 Å². The van der Waals surface area contributed by atoms with E-state index in [1.165, 1.54) is 17.7 Å². The number of methoxy groups -OCH3 is 1. The summed E-state index contributed by atoms with van der Waals surface area (Å²) in [5.74, 6) is 0.928. The SMILES string of the molecule is CCC(CC)C(=O)N1CC(N(CCc2noc(COC)n2)S(C)(=O)=O)C1. The summed E-state index contributed by atoms with van der Waals surface area (Å²) < 4.78 is 35.7. The second-order valence-corrected chi connectivity index (χ2v) is 8.51. The minimum Gasteiger partial charge on any atom is -0.375 e. The standard InChI is InChI=1S/C16H28N4O5S/c1-5-12(6-2)16(21)19-9-13(10-19)20(26(4,22)23)8-7-14-17-15(11-24-3)25-18-14/h12-13H,5-11H2,1-4H3. The van der Waals surface area contributed by atoms with Crippen LogP contribution in [0.3, 0.4) is 0 Å². The van der Waals surface area contributed by atoms with Gasteiger partial charge in [-0.05, 0) is 12.8 Å². The fourth-order valence-electron chi connectivity index (χ4n) is 3.12. The Morgan fingerprint density at radius 2 is 2.04 bits per heavy atom. The van der Waals surface area contributed by atoms with Crippen molar-refractivity contribution in [2.24, 2.45) is 5.92 Å². The summed E-state index contributed by atoms with van der Waals surface area (Å²) in [5.41, 5.74) is 0. The molecule has 0 aromatic carbocycles. The molecule has 0 N–H and O–H groups in total. The molecule has 1 aliphatic heterocycles. The van der Waals surface area contributed by atoms with Crippen molar-refractivity contribution < 1.29 is 22.5 Å². The third-order valence-electron chi connectivity index (χ3n) is 4.68. The molecule has 1 aromatic rings. The summed E-state index contributed by atoms with van der Waals surface area (Å²) in [6.45, 7) is 5.33. The van der Waals surface area contributed by atoms with Crippen LogP contribution in [0.25, 0.3) is 0 Å². The van der Waals surface area contributed by atoms with Gasteiger partial charge in [0.15, 0.2) is 5.82 Å². The van der Waals surface area contributed by atoms with Crippen molar-refractivity contribution in [1.82, 2.24) is 19.3 Å². The lowest BCUT2D eigenvalue weighted by Gasteiger charge is -2.45. The van der Waals surface area contributed by atoms with Gasteiger partial charge in [0, 0.05) is 39.1 Å². The molecule has 1 fully saturated rings. The van der Waals surface area contributed by atoms with Gasteiger partial charge in [-0.3, -0.25) is 4.79 Å². The second-order valence-electron chi connectivity index (χ2n) is 6.57. The highest BCUT2D eigenvalue weighted by atomic mass is 32.2. The van der Waals surface area contributed by atoms with Gasteiger partial charge in [0.05, 0.1) is 12.3 Å². The summed E-state index contributed by atoms with van der Waals surface area (Å²) in [7, 11) is -1.87. The van der Waals surface area contributed by atoms with E-state index in [9.17, 15) is 13.2 Å². The first-order chi connectivity index (χ1) is 12.3. The van der Waals surface area contributed by atoms with Crippen molar-refractivity contribution in [1.29, 1.82) is 0 Å². The first-order valence-electron chi connectivity index (χ1n) is 8.86. The lowest BCUT2D eigenvalue weighted by Crippen LogP contribution is -2.63. The van der Waals surface area contributed by atoms with Gasteiger partial charge in [-0.15, -0.1) is 0 Å². The highest BCUT2D eigenvalue weighted by Gasteiger charge is 2.39. The van der Waals surface area contributed by atoms with Gasteiger partial charge in [0.25, 0.3) is 5.89 Å². The Balaban J connectivity index is 1.94. The summed E-state index contributed by atoms with van der Waals surface area (Å²) in [6.07, 6.45) is 3.13. The monoisotopic (exact) mass is 388 g/mol. The van der Waals surface area contributed by atoms with Crippen LogP contribution in [-0.4, -0.2) is 72.7 Å². The highest BCUT2D eigenvalue weighted by molar-refractivity contribution is 7.88. The molecule has 0 atom stereocenters. The molecule has 10 heteroatoms. The topological polar surface area (TPSA) is 106 Å². The Labute approximate surface area is 154 Å². The number of rotatable bonds is 10. The fourth-order valence-corrected chi connectivity index (χ4v) is 4.21. The molecule has 0 aliphatic carbocycles. The molecule has 1 aromatic heterocycles. The van der Waals surface area contributed by atoms with E-state index < -0.39 is 10.0 Å². The average Bonchev–Trinajstić information content (AvgIpc) is 2.97. The molecule has 0 bridgehead atoms. The van der Waals surface area contributed by atoms with Gasteiger partial charge < -0.3 is 14.2 Å². The van der Waals surface area contributed by atoms with Crippen molar-refractivity contribution >= 4 is 15.9 Å². The summed E-state index contributed by atoms with van der Waals surface area (Å²) in [6, 6.07) is -0.200. The molecule has 9 nitrogen and oxygen atoms in total. The average molecular weight is 388 g/mol. The largest absolute Gasteiger partial charge is 0.375 e. The molecule has 148 valence electrons. The molecule has 26 heavy (non-hydrogen) atoms. The molecule has 0 unspecified atom stereocenters. The molecule has 0 spiro atoms. The number of carbonyl (C=O) groups excluding carboxylic acids is 1. The van der Waals surface area contributed by atoms with Crippen LogP contribution in [0.5, 0.6) is 0 Å². The molecule has 1 amide bonds. The van der Waals surface area contributed by atoms with Crippen LogP contribution in [-0.2, 0) is 32.6 Å². The Bertz CT molecular complexity index is 695. The maximum Gasteiger partial charge on any atom is 0.252 e. The number of hydrogen-bond acceptors (Lipinski definition) is 7. The molecular weight excluding hydrogens is 360 g/mol. The van der Waals surface area contributed by atoms with Crippen molar-refractivity contribution in [3.63, 3.8) is 0 Å². The lowest BCUT2D eigenvalue weighted by molar-refractivity contribution is -0.142. The maximum absolute atomic E-state index is 12.4. The number of aromatic nitrogens is 2. The van der Waals surface area contributed by atoms with Crippen LogP contribution in [0.15, 0.2) is 4.52 Å². The highest BCUT2D eigenvalue weighted by Crippen LogP contribution is 2.22. The van der Waals surface area contributed by atoms with Gasteiger partial charge in [0.2, 0.25) is 15.9 Å². The number of hydrogen-bond donors (Lipinski definition) is 0. The van der Waals surface area contributed by atoms with E-state index in [1.54, 1.807) is 4.90 Å². The van der Waals surface area contributed by atoms with Crippen molar-refractivity contribution in [3.8, 4) is 0 Å². The van der Waals surface area contributed by atoms with Gasteiger partial charge in [0.1, 0.15) is 6.61 Å². The molecular formula is C16H28N4O5S. The third-order valence-corrected chi connectivity index (χ3v) is 6.01. The van der Waals surface area contributed by atoms with Crippen LogP contribution in [0.2, 0.25) is 0 Å². The predicted molar refractivity (Wildman–Crippen MR) is 94.7 cm³/mol. The third kappa shape index (κ3) is 5.01. The maximum atomic E-state index is 12.4. The second kappa shape index (κ2) is 8.92. The number of sulfonamides is 1. The minimum absolute atomic E-state index is 0.0150. The molecule has 2 rings (SSSR count). The van der Waals surface area contributed by atoms with Crippen molar-refractivity contribution in [2.45, 2.75) is 45.8 Å². The minimum atomic E-state index is -3.39. The van der Waals surface area contributed by atoms with Crippen molar-refractivity contribution in [2.75, 3.05) is 33.0 Å². The zero-order valence-corrected chi connectivity index (χ0v) is 16.7. The first-order valence-corrected chi connectivity index (χ1v) is 10.7. The van der Waals surface area contributed by atoms with E-state index in [2.05, 4.69) is 10.1 Å². The fraction of sp³-hybridized carbons (Fsp3) is 0.812. The first kappa shape index (κ1) is 20.8. The van der Waals surface area contributed by atoms with Gasteiger partial charge in [-0.2, -0.15) is 9.29 Å². The van der Waals surface area contributed by atoms with Crippen LogP contribution in [0.4, 0.5) is 0 Å². The molecule has 2 heterocycles. The predicted octanol–water partition coefficient (Wildman–Crippen LogP) is 0.667. The Hall–Kier alpha value is -1.52. The number of likely N-dealkylation sites (tertiary alicyclic amines) is 1. The number of nitrogens with zero attached hydrogens (tertiary/aromatic N) is 4. The van der Waals surface area contributed by atoms with Crippen LogP contribution < -0.4 is 0 Å². The van der Waals surface area contributed by atoms with E-state index in [1.807, 2.05) is 13.8 Å². The van der Waals surface area contributed by atoms with E-state index in [4.69, 9.17) is 9.26 Å². The van der Waals surface area contributed by atoms with E-state index in [0.717, 1.165) is 12.8 Å². The normalized spacial score (nSPS) is 15.7. The Kier molecular flexibility index (Phi) is 7.13. The van der Waals surface area contributed by atoms with E-state index in [0.29, 0.717) is 31.2 Å². The number of amides is 1. The van der Waals surface area contributed by atoms with Crippen LogP contribution in [0.1, 0.15) is 38.4 Å². The van der Waals surface area contributed by atoms with Gasteiger partial charge in [-0.25, -0.2) is 8.42 Å².